The summed E-state index contributed by atoms with van der Waals surface area (Å²) < 4.78 is 4.54. The van der Waals surface area contributed by atoms with Crippen molar-refractivity contribution in [3.63, 3.8) is 0 Å². The Hall–Kier alpha value is -3.12. The van der Waals surface area contributed by atoms with Crippen LogP contribution in [0.2, 0.25) is 0 Å². The maximum absolute atomic E-state index is 11.9. The molecule has 31 heavy (non-hydrogen) atoms. The molecule has 2 aromatic rings. The molecule has 1 aliphatic rings. The summed E-state index contributed by atoms with van der Waals surface area (Å²) in [5.74, 6) is -0.346. The molecule has 0 fully saturated rings. The van der Waals surface area contributed by atoms with E-state index in [1.54, 1.807) is 0 Å². The molecule has 1 heterocycles. The molecular weight excluding hydrogens is 390 g/mol. The molecule has 0 saturated carbocycles. The zero-order valence-corrected chi connectivity index (χ0v) is 18.1. The Morgan fingerprint density at radius 3 is 2.45 bits per heavy atom. The number of amides is 2. The second-order valence-electron chi connectivity index (χ2n) is 7.74. The summed E-state index contributed by atoms with van der Waals surface area (Å²) in [5.41, 5.74) is 4.87. The predicted octanol–water partition coefficient (Wildman–Crippen LogP) is 4.14. The summed E-state index contributed by atoms with van der Waals surface area (Å²) in [7, 11) is 1.33. The van der Waals surface area contributed by atoms with Crippen molar-refractivity contribution >= 4 is 17.7 Å². The van der Waals surface area contributed by atoms with Gasteiger partial charge in [0.2, 0.25) is 0 Å². The molecule has 0 radical (unpaired) electrons. The molecule has 0 bridgehead atoms. The van der Waals surface area contributed by atoms with Crippen LogP contribution in [-0.4, -0.2) is 43.6 Å². The molecule has 6 heteroatoms. The maximum Gasteiger partial charge on any atom is 0.319 e. The number of nitrogens with zero attached hydrogens (tertiary/aromatic N) is 1. The summed E-state index contributed by atoms with van der Waals surface area (Å²) in [5, 5.41) is 5.41. The Morgan fingerprint density at radius 2 is 1.77 bits per heavy atom. The Kier molecular flexibility index (Phi) is 8.67. The van der Waals surface area contributed by atoms with Crippen LogP contribution in [0.25, 0.3) is 0 Å². The lowest BCUT2D eigenvalue weighted by Gasteiger charge is -2.26. The molecular formula is C25H31N3O3. The smallest absolute Gasteiger partial charge is 0.319 e. The fourth-order valence-corrected chi connectivity index (χ4v) is 3.58. The second-order valence-corrected chi connectivity index (χ2v) is 7.74. The highest BCUT2D eigenvalue weighted by Gasteiger charge is 2.12. The van der Waals surface area contributed by atoms with E-state index in [-0.39, 0.29) is 25.0 Å². The first-order chi connectivity index (χ1) is 15.1. The number of rotatable bonds is 9. The van der Waals surface area contributed by atoms with Crippen molar-refractivity contribution < 1.29 is 14.3 Å². The highest BCUT2D eigenvalue weighted by molar-refractivity contribution is 5.89. The van der Waals surface area contributed by atoms with Crippen LogP contribution in [0.4, 0.5) is 10.5 Å². The quantitative estimate of drug-likeness (QED) is 0.472. The van der Waals surface area contributed by atoms with E-state index < -0.39 is 0 Å². The number of hydrogen-bond donors (Lipinski definition) is 2. The number of esters is 1. The zero-order chi connectivity index (χ0) is 21.9. The molecule has 3 rings (SSSR count). The highest BCUT2D eigenvalue weighted by Crippen LogP contribution is 2.19. The minimum absolute atomic E-state index is 0.155. The number of urea groups is 1. The first-order valence-electron chi connectivity index (χ1n) is 10.8. The summed E-state index contributed by atoms with van der Waals surface area (Å²) in [4.78, 5) is 25.4. The van der Waals surface area contributed by atoms with Crippen LogP contribution < -0.4 is 10.6 Å². The van der Waals surface area contributed by atoms with Crippen LogP contribution in [0, 0.1) is 0 Å². The minimum Gasteiger partial charge on any atom is -0.469 e. The minimum atomic E-state index is -0.346. The molecule has 0 spiro atoms. The molecule has 0 aliphatic carbocycles. The number of ether oxygens (including phenoxy) is 1. The van der Waals surface area contributed by atoms with Gasteiger partial charge in [0.05, 0.1) is 13.5 Å². The van der Waals surface area contributed by atoms with Crippen LogP contribution >= 0.6 is 0 Å². The van der Waals surface area contributed by atoms with Crippen LogP contribution in [-0.2, 0) is 22.5 Å². The van der Waals surface area contributed by atoms with Gasteiger partial charge in [0, 0.05) is 31.9 Å². The Morgan fingerprint density at radius 1 is 1.00 bits per heavy atom. The van der Waals surface area contributed by atoms with Crippen LogP contribution in [0.15, 0.2) is 66.2 Å². The number of benzene rings is 2. The first kappa shape index (κ1) is 22.6. The van der Waals surface area contributed by atoms with Gasteiger partial charge in [0.1, 0.15) is 0 Å². The van der Waals surface area contributed by atoms with Crippen molar-refractivity contribution in [3.8, 4) is 0 Å². The highest BCUT2D eigenvalue weighted by atomic mass is 16.5. The topological polar surface area (TPSA) is 70.7 Å². The van der Waals surface area contributed by atoms with E-state index in [9.17, 15) is 9.59 Å². The van der Waals surface area contributed by atoms with Gasteiger partial charge in [0.15, 0.2) is 0 Å². The standard InChI is InChI=1S/C25H31N3O3/c1-31-24(29)13-16-26-25(30)27-23-11-9-20(10-12-23)7-8-21-14-17-28(18-15-21)19-22-5-3-2-4-6-22/h2-6,9-12,14H,7-8,13,15-19H2,1H3,(H2,26,27,30). The Labute approximate surface area is 184 Å². The monoisotopic (exact) mass is 421 g/mol. The molecule has 1 aliphatic heterocycles. The van der Waals surface area contributed by atoms with Gasteiger partial charge < -0.3 is 15.4 Å². The van der Waals surface area contributed by atoms with Gasteiger partial charge in [-0.05, 0) is 42.5 Å². The summed E-state index contributed by atoms with van der Waals surface area (Å²) in [6.07, 6.45) is 5.72. The number of carbonyl (C=O) groups is 2. The van der Waals surface area contributed by atoms with Gasteiger partial charge >= 0.3 is 12.0 Å². The number of hydrogen-bond acceptors (Lipinski definition) is 4. The maximum atomic E-state index is 11.9. The number of anilines is 1. The first-order valence-corrected chi connectivity index (χ1v) is 10.8. The van der Waals surface area contributed by atoms with E-state index in [0.29, 0.717) is 0 Å². The third-order valence-electron chi connectivity index (χ3n) is 5.43. The van der Waals surface area contributed by atoms with E-state index in [1.165, 1.54) is 23.8 Å². The molecule has 164 valence electrons. The van der Waals surface area contributed by atoms with Crippen LogP contribution in [0.1, 0.15) is 30.4 Å². The lowest BCUT2D eigenvalue weighted by atomic mass is 9.99. The van der Waals surface area contributed by atoms with Gasteiger partial charge in [-0.2, -0.15) is 0 Å². The van der Waals surface area contributed by atoms with E-state index in [2.05, 4.69) is 68.8 Å². The average molecular weight is 422 g/mol. The molecule has 0 unspecified atom stereocenters. The third kappa shape index (κ3) is 7.90. The normalized spacial score (nSPS) is 13.9. The summed E-state index contributed by atoms with van der Waals surface area (Å²) in [6.45, 7) is 3.37. The van der Waals surface area contributed by atoms with Crippen LogP contribution in [0.3, 0.4) is 0 Å². The lowest BCUT2D eigenvalue weighted by molar-refractivity contribution is -0.140. The summed E-state index contributed by atoms with van der Waals surface area (Å²) in [6, 6.07) is 18.2. The third-order valence-corrected chi connectivity index (χ3v) is 5.43. The second kappa shape index (κ2) is 11.9. The average Bonchev–Trinajstić information content (AvgIpc) is 2.80. The van der Waals surface area contributed by atoms with Crippen molar-refractivity contribution in [2.24, 2.45) is 0 Å². The molecule has 0 saturated heterocycles. The predicted molar refractivity (Wildman–Crippen MR) is 123 cm³/mol. The van der Waals surface area contributed by atoms with Gasteiger partial charge in [-0.1, -0.05) is 54.1 Å². The number of methoxy groups -OCH3 is 1. The van der Waals surface area contributed by atoms with Crippen molar-refractivity contribution in [1.29, 1.82) is 0 Å². The largest absolute Gasteiger partial charge is 0.469 e. The van der Waals surface area contributed by atoms with Gasteiger partial charge in [-0.15, -0.1) is 0 Å². The Bertz CT molecular complexity index is 879. The molecule has 0 atom stereocenters. The summed E-state index contributed by atoms with van der Waals surface area (Å²) >= 11 is 0. The molecule has 0 aromatic heterocycles. The molecule has 2 aromatic carbocycles. The number of carbonyl (C=O) groups excluding carboxylic acids is 2. The number of nitrogens with one attached hydrogen (secondary N) is 2. The van der Waals surface area contributed by atoms with E-state index in [0.717, 1.165) is 44.6 Å². The van der Waals surface area contributed by atoms with Gasteiger partial charge in [-0.3, -0.25) is 9.69 Å². The molecule has 2 N–H and O–H groups in total. The van der Waals surface area contributed by atoms with Crippen molar-refractivity contribution in [3.05, 3.63) is 77.4 Å². The Balaban J connectivity index is 1.37. The molecule has 2 amide bonds. The zero-order valence-electron chi connectivity index (χ0n) is 18.1. The van der Waals surface area contributed by atoms with E-state index in [1.807, 2.05) is 12.1 Å². The van der Waals surface area contributed by atoms with Gasteiger partial charge in [-0.25, -0.2) is 4.79 Å². The van der Waals surface area contributed by atoms with Gasteiger partial charge in [0.25, 0.3) is 0 Å². The van der Waals surface area contributed by atoms with Crippen molar-refractivity contribution in [2.75, 3.05) is 32.1 Å². The number of aryl methyl sites for hydroxylation is 1. The van der Waals surface area contributed by atoms with E-state index >= 15 is 0 Å². The SMILES string of the molecule is COC(=O)CCNC(=O)Nc1ccc(CCC2=CCN(Cc3ccccc3)CC2)cc1. The fourth-order valence-electron chi connectivity index (χ4n) is 3.58. The van der Waals surface area contributed by atoms with Crippen molar-refractivity contribution in [2.45, 2.75) is 32.2 Å². The fraction of sp³-hybridized carbons (Fsp3) is 0.360. The van der Waals surface area contributed by atoms with Crippen LogP contribution in [0.5, 0.6) is 0 Å². The van der Waals surface area contributed by atoms with Crippen molar-refractivity contribution in [1.82, 2.24) is 10.2 Å². The molecule has 6 nitrogen and oxygen atoms in total. The van der Waals surface area contributed by atoms with E-state index in [4.69, 9.17) is 0 Å². The lowest BCUT2D eigenvalue weighted by Crippen LogP contribution is -2.30.